The summed E-state index contributed by atoms with van der Waals surface area (Å²) < 4.78 is 5.05. The van der Waals surface area contributed by atoms with E-state index in [1.54, 1.807) is 24.3 Å². The largest absolute Gasteiger partial charge is 0.507 e. The number of benzene rings is 1. The SMILES string of the molecule is C=C[C@@](C)(CCC=C(C)CC(=O)C=C(C)C)CC(=O)c1ccc(OC)cc1O. The van der Waals surface area contributed by atoms with E-state index in [0.717, 1.165) is 24.0 Å². The highest BCUT2D eigenvalue weighted by Gasteiger charge is 2.25. The van der Waals surface area contributed by atoms with Crippen LogP contribution in [0.3, 0.4) is 0 Å². The molecule has 28 heavy (non-hydrogen) atoms. The Morgan fingerprint density at radius 2 is 1.93 bits per heavy atom. The summed E-state index contributed by atoms with van der Waals surface area (Å²) in [4.78, 5) is 24.5. The first-order chi connectivity index (χ1) is 13.1. The van der Waals surface area contributed by atoms with Gasteiger partial charge in [0.15, 0.2) is 11.6 Å². The Hall–Kier alpha value is -2.62. The van der Waals surface area contributed by atoms with Gasteiger partial charge >= 0.3 is 0 Å². The number of hydrogen-bond acceptors (Lipinski definition) is 4. The Morgan fingerprint density at radius 3 is 2.46 bits per heavy atom. The number of carbonyl (C=O) groups is 2. The van der Waals surface area contributed by atoms with Crippen LogP contribution in [0, 0.1) is 5.41 Å². The number of carbonyl (C=O) groups excluding carboxylic acids is 2. The van der Waals surface area contributed by atoms with Crippen molar-refractivity contribution in [3.63, 3.8) is 0 Å². The van der Waals surface area contributed by atoms with E-state index >= 15 is 0 Å². The summed E-state index contributed by atoms with van der Waals surface area (Å²) in [5.41, 5.74) is 1.91. The van der Waals surface area contributed by atoms with Crippen molar-refractivity contribution in [2.24, 2.45) is 5.41 Å². The van der Waals surface area contributed by atoms with Crippen molar-refractivity contribution in [2.75, 3.05) is 7.11 Å². The predicted molar refractivity (Wildman–Crippen MR) is 114 cm³/mol. The molecule has 4 heteroatoms. The van der Waals surface area contributed by atoms with Gasteiger partial charge in [-0.15, -0.1) is 6.58 Å². The van der Waals surface area contributed by atoms with Gasteiger partial charge in [0, 0.05) is 18.9 Å². The highest BCUT2D eigenvalue weighted by molar-refractivity contribution is 5.99. The van der Waals surface area contributed by atoms with Crippen LogP contribution in [0.15, 0.2) is 54.2 Å². The third-order valence-corrected chi connectivity index (χ3v) is 4.67. The normalized spacial score (nSPS) is 13.4. The Morgan fingerprint density at radius 1 is 1.25 bits per heavy atom. The number of rotatable bonds is 11. The van der Waals surface area contributed by atoms with Crippen LogP contribution in [-0.2, 0) is 4.79 Å². The van der Waals surface area contributed by atoms with Gasteiger partial charge in [-0.25, -0.2) is 0 Å². The highest BCUT2D eigenvalue weighted by Crippen LogP contribution is 2.33. The van der Waals surface area contributed by atoms with Gasteiger partial charge < -0.3 is 9.84 Å². The molecule has 0 aliphatic heterocycles. The summed E-state index contributed by atoms with van der Waals surface area (Å²) in [6.07, 6.45) is 7.64. The molecule has 1 atom stereocenters. The van der Waals surface area contributed by atoms with Gasteiger partial charge in [-0.05, 0) is 57.2 Å². The van der Waals surface area contributed by atoms with Crippen molar-refractivity contribution in [1.82, 2.24) is 0 Å². The molecule has 0 amide bonds. The van der Waals surface area contributed by atoms with Gasteiger partial charge in [-0.2, -0.15) is 0 Å². The zero-order chi connectivity index (χ0) is 21.3. The number of allylic oxidation sites excluding steroid dienone is 5. The number of aromatic hydroxyl groups is 1. The second-order valence-electron chi connectivity index (χ2n) is 7.80. The molecule has 1 N–H and O–H groups in total. The van der Waals surface area contributed by atoms with Crippen LogP contribution in [-0.4, -0.2) is 23.8 Å². The molecule has 0 radical (unpaired) electrons. The zero-order valence-electron chi connectivity index (χ0n) is 17.7. The van der Waals surface area contributed by atoms with Crippen LogP contribution < -0.4 is 4.74 Å². The molecule has 0 heterocycles. The molecule has 1 aromatic carbocycles. The number of ketones is 2. The molecule has 0 bridgehead atoms. The van der Waals surface area contributed by atoms with Crippen molar-refractivity contribution in [3.05, 3.63) is 59.7 Å². The summed E-state index contributed by atoms with van der Waals surface area (Å²) in [6.45, 7) is 11.6. The Kier molecular flexibility index (Phi) is 8.90. The fraction of sp³-hybridized carbons (Fsp3) is 0.417. The van der Waals surface area contributed by atoms with Gasteiger partial charge in [0.1, 0.15) is 11.5 Å². The minimum absolute atomic E-state index is 0.0794. The van der Waals surface area contributed by atoms with E-state index in [1.165, 1.54) is 13.2 Å². The molecule has 0 saturated carbocycles. The van der Waals surface area contributed by atoms with Crippen molar-refractivity contribution in [3.8, 4) is 11.5 Å². The molecule has 0 fully saturated rings. The quantitative estimate of drug-likeness (QED) is 0.297. The second kappa shape index (κ2) is 10.6. The molecule has 1 aromatic rings. The lowest BCUT2D eigenvalue weighted by Gasteiger charge is -2.24. The molecule has 0 aliphatic carbocycles. The molecule has 4 nitrogen and oxygen atoms in total. The van der Waals surface area contributed by atoms with Crippen molar-refractivity contribution in [1.29, 1.82) is 0 Å². The first-order valence-corrected chi connectivity index (χ1v) is 9.47. The maximum atomic E-state index is 12.7. The van der Waals surface area contributed by atoms with Crippen LogP contribution in [0.5, 0.6) is 11.5 Å². The number of ether oxygens (including phenoxy) is 1. The topological polar surface area (TPSA) is 63.6 Å². The molecule has 0 aliphatic rings. The van der Waals surface area contributed by atoms with Crippen molar-refractivity contribution >= 4 is 11.6 Å². The predicted octanol–water partition coefficient (Wildman–Crippen LogP) is 5.82. The van der Waals surface area contributed by atoms with Gasteiger partial charge in [-0.1, -0.05) is 30.2 Å². The van der Waals surface area contributed by atoms with Gasteiger partial charge in [0.2, 0.25) is 0 Å². The molecule has 0 aromatic heterocycles. The number of hydrogen-bond donors (Lipinski definition) is 1. The minimum Gasteiger partial charge on any atom is -0.507 e. The average molecular weight is 385 g/mol. The van der Waals surface area contributed by atoms with E-state index in [9.17, 15) is 14.7 Å². The van der Waals surface area contributed by atoms with Crippen molar-refractivity contribution in [2.45, 2.75) is 53.4 Å². The monoisotopic (exact) mass is 384 g/mol. The summed E-state index contributed by atoms with van der Waals surface area (Å²) in [6, 6.07) is 4.68. The van der Waals surface area contributed by atoms with Crippen LogP contribution >= 0.6 is 0 Å². The third-order valence-electron chi connectivity index (χ3n) is 4.67. The smallest absolute Gasteiger partial charge is 0.167 e. The van der Waals surface area contributed by atoms with Crippen LogP contribution in [0.1, 0.15) is 63.7 Å². The number of methoxy groups -OCH3 is 1. The first kappa shape index (κ1) is 23.4. The van der Waals surface area contributed by atoms with Crippen LogP contribution in [0.25, 0.3) is 0 Å². The fourth-order valence-corrected chi connectivity index (χ4v) is 2.97. The Balaban J connectivity index is 2.73. The summed E-state index contributed by atoms with van der Waals surface area (Å²) in [7, 11) is 1.51. The maximum Gasteiger partial charge on any atom is 0.167 e. The summed E-state index contributed by atoms with van der Waals surface area (Å²) >= 11 is 0. The molecule has 0 spiro atoms. The van der Waals surface area contributed by atoms with Crippen molar-refractivity contribution < 1.29 is 19.4 Å². The molecule has 0 unspecified atom stereocenters. The lowest BCUT2D eigenvalue weighted by molar-refractivity contribution is -0.114. The molecular weight excluding hydrogens is 352 g/mol. The third kappa shape index (κ3) is 7.55. The van der Waals surface area contributed by atoms with Crippen LogP contribution in [0.2, 0.25) is 0 Å². The highest BCUT2D eigenvalue weighted by atomic mass is 16.5. The fourth-order valence-electron chi connectivity index (χ4n) is 2.97. The lowest BCUT2D eigenvalue weighted by atomic mass is 9.79. The van der Waals surface area contributed by atoms with E-state index < -0.39 is 5.41 Å². The molecule has 1 rings (SSSR count). The lowest BCUT2D eigenvalue weighted by Crippen LogP contribution is -2.18. The average Bonchev–Trinajstić information content (AvgIpc) is 2.60. The standard InChI is InChI=1S/C24H32O4/c1-7-24(5,12-8-9-18(4)14-19(25)13-17(2)3)16-23(27)21-11-10-20(28-6)15-22(21)26/h7,9-11,13,15,26H,1,8,12,14,16H2,2-6H3/t24-/m0/s1. The number of phenolic OH excluding ortho intramolecular Hbond substituents is 1. The van der Waals surface area contributed by atoms with Gasteiger partial charge in [0.05, 0.1) is 12.7 Å². The van der Waals surface area contributed by atoms with Crippen LogP contribution in [0.4, 0.5) is 0 Å². The number of phenols is 1. The Labute approximate surface area is 168 Å². The molecule has 152 valence electrons. The summed E-state index contributed by atoms with van der Waals surface area (Å²) in [5.74, 6) is 0.389. The van der Waals surface area contributed by atoms with E-state index in [2.05, 4.69) is 6.58 Å². The molecular formula is C24H32O4. The van der Waals surface area contributed by atoms with E-state index in [4.69, 9.17) is 4.74 Å². The van der Waals surface area contributed by atoms with E-state index in [-0.39, 0.29) is 29.3 Å². The van der Waals surface area contributed by atoms with Gasteiger partial charge in [-0.3, -0.25) is 9.59 Å². The molecule has 0 saturated heterocycles. The first-order valence-electron chi connectivity index (χ1n) is 9.47. The van der Waals surface area contributed by atoms with E-state index in [1.807, 2.05) is 33.8 Å². The minimum atomic E-state index is -0.399. The zero-order valence-corrected chi connectivity index (χ0v) is 17.7. The summed E-state index contributed by atoms with van der Waals surface area (Å²) in [5, 5.41) is 10.1. The maximum absolute atomic E-state index is 12.7. The van der Waals surface area contributed by atoms with E-state index in [0.29, 0.717) is 12.2 Å². The Bertz CT molecular complexity index is 782. The number of Topliss-reactive ketones (excluding diaryl/α,β-unsaturated/α-hetero) is 1. The van der Waals surface area contributed by atoms with Gasteiger partial charge in [0.25, 0.3) is 0 Å². The second-order valence-corrected chi connectivity index (χ2v) is 7.80.